The van der Waals surface area contributed by atoms with Gasteiger partial charge in [0.2, 0.25) is 5.91 Å². The van der Waals surface area contributed by atoms with E-state index in [-0.39, 0.29) is 56.1 Å². The van der Waals surface area contributed by atoms with Crippen molar-refractivity contribution in [3.05, 3.63) is 55.8 Å². The number of alkyl halides is 2. The molecule has 5 N–H and O–H groups in total. The van der Waals surface area contributed by atoms with Crippen molar-refractivity contribution in [2.45, 2.75) is 135 Å². The zero-order valence-corrected chi connectivity index (χ0v) is 48.2. The summed E-state index contributed by atoms with van der Waals surface area (Å²) >= 11 is 0. The largest absolute Gasteiger partial charge is 0.465 e. The Labute approximate surface area is 479 Å². The number of unbranched alkanes of at least 4 members (excludes halogenated alkanes) is 3. The molecule has 466 valence electrons. The molecule has 1 heterocycles. The molecule has 2 aromatic rings. The molecule has 0 aromatic heterocycles. The first-order valence-corrected chi connectivity index (χ1v) is 26.9. The third-order valence-corrected chi connectivity index (χ3v) is 11.7. The lowest BCUT2D eigenvalue weighted by molar-refractivity contribution is -0.313. The van der Waals surface area contributed by atoms with Gasteiger partial charge in [0.1, 0.15) is 29.2 Å². The number of methoxy groups -OCH3 is 1. The molecule has 0 aliphatic carbocycles. The van der Waals surface area contributed by atoms with Crippen molar-refractivity contribution >= 4 is 59.1 Å². The number of ether oxygens (including phenoxy) is 12. The number of halogens is 2. The Balaban J connectivity index is 1.58. The van der Waals surface area contributed by atoms with Gasteiger partial charge in [-0.05, 0) is 39.2 Å². The summed E-state index contributed by atoms with van der Waals surface area (Å²) in [6.07, 6.45) is -9.36. The van der Waals surface area contributed by atoms with Crippen molar-refractivity contribution in [1.82, 2.24) is 16.0 Å². The van der Waals surface area contributed by atoms with E-state index in [1.54, 1.807) is 20.8 Å². The third-order valence-electron chi connectivity index (χ3n) is 11.7. The summed E-state index contributed by atoms with van der Waals surface area (Å²) < 4.78 is 92.7. The lowest BCUT2D eigenvalue weighted by Gasteiger charge is -2.48. The average molecular weight is 1190 g/mol. The van der Waals surface area contributed by atoms with E-state index in [9.17, 15) is 56.7 Å². The second-order valence-corrected chi connectivity index (χ2v) is 19.7. The van der Waals surface area contributed by atoms with Crippen LogP contribution in [0.1, 0.15) is 98.1 Å². The Morgan fingerprint density at radius 2 is 1.24 bits per heavy atom. The van der Waals surface area contributed by atoms with Crippen LogP contribution in [-0.4, -0.2) is 189 Å². The lowest BCUT2D eigenvalue weighted by atomic mass is 9.87. The molecule has 1 saturated heterocycles. The van der Waals surface area contributed by atoms with Gasteiger partial charge in [0.25, 0.3) is 29.0 Å². The van der Waals surface area contributed by atoms with Crippen molar-refractivity contribution < 1.29 is 104 Å². The van der Waals surface area contributed by atoms with E-state index in [4.69, 9.17) is 56.8 Å². The van der Waals surface area contributed by atoms with Gasteiger partial charge in [0.05, 0.1) is 92.0 Å². The van der Waals surface area contributed by atoms with Gasteiger partial charge < -0.3 is 83.4 Å². The Bertz CT molecular complexity index is 2470. The summed E-state index contributed by atoms with van der Waals surface area (Å²) in [6.45, 7) is 11.0. The minimum atomic E-state index is -2.75. The number of benzene rings is 1. The molecular weight excluding hydrogens is 1110 g/mol. The molecule has 29 heteroatoms. The van der Waals surface area contributed by atoms with Crippen LogP contribution in [0.25, 0.3) is 0 Å². The number of alkyl carbamates (subject to hydrolysis) is 1. The highest BCUT2D eigenvalue weighted by Gasteiger charge is 2.59. The van der Waals surface area contributed by atoms with Crippen LogP contribution in [0, 0.1) is 0 Å². The predicted octanol–water partition coefficient (Wildman–Crippen LogP) is 2.07. The summed E-state index contributed by atoms with van der Waals surface area (Å²) in [5.41, 5.74) is -1.58. The predicted molar refractivity (Wildman–Crippen MR) is 288 cm³/mol. The van der Waals surface area contributed by atoms with E-state index in [1.807, 2.05) is 0 Å². The number of anilines is 2. The molecule has 0 saturated carbocycles. The Morgan fingerprint density at radius 1 is 0.675 bits per heavy atom. The van der Waals surface area contributed by atoms with Crippen LogP contribution in [-0.2, 0) is 96.8 Å². The maximum absolute atomic E-state index is 13.9. The molecule has 0 bridgehead atoms. The molecular formula is C54H79F2N5O22. The van der Waals surface area contributed by atoms with E-state index in [2.05, 4.69) is 26.6 Å². The molecule has 83 heavy (non-hydrogen) atoms. The summed E-state index contributed by atoms with van der Waals surface area (Å²) in [6, 6.07) is 3.35. The molecule has 2 aromatic carbocycles. The van der Waals surface area contributed by atoms with Crippen molar-refractivity contribution in [2.75, 3.05) is 110 Å². The molecule has 3 rings (SSSR count). The number of hydrogen-bond acceptors (Lipinski definition) is 24. The number of nitrogens with one attached hydrogen (secondary N) is 5. The zero-order chi connectivity index (χ0) is 61.5. The number of carbonyl (C=O) groups excluding carboxylic acids is 8. The standard InChI is InChI=1S/C54H79F2N5O22/c1-33(62)77-32-42(67)61-43-39(79-34(2)63)30-54(51(70)72-8,82-49(43)48(81-36(4)65)40(80-35(3)64)31-60-41(66)29-37-13-15-38(16-14-37)50(55)56)78-20-12-10-9-11-17-57-44-45(47(69)46(44)68)58-18-21-73-23-25-75-27-28-76-26-24-74-22-19-59-52(71)83-53(5,6)7/h13-16,39-40,43,48-50,57-58H,9-12,17-32H2,1-8H3,(H,59,71)(H,60,66)(H,61,67)/t39-,40+,43+,48+,49+,54+/m0/s1. The van der Waals surface area contributed by atoms with Gasteiger partial charge in [0, 0.05) is 52.9 Å². The van der Waals surface area contributed by atoms with Gasteiger partial charge in [-0.2, -0.15) is 0 Å². The number of amides is 3. The molecule has 0 spiro atoms. The molecule has 6 atom stereocenters. The Kier molecular flexibility index (Phi) is 31.0. The Morgan fingerprint density at radius 3 is 1.78 bits per heavy atom. The second kappa shape index (κ2) is 36.6. The van der Waals surface area contributed by atoms with Crippen LogP contribution in [0.3, 0.4) is 0 Å². The Hall–Kier alpha value is -6.92. The number of esters is 5. The van der Waals surface area contributed by atoms with E-state index in [1.165, 1.54) is 12.1 Å². The van der Waals surface area contributed by atoms with E-state index in [0.29, 0.717) is 77.6 Å². The fraction of sp³-hybridized carbons (Fsp3) is 0.667. The van der Waals surface area contributed by atoms with Gasteiger partial charge in [-0.3, -0.25) is 38.4 Å². The fourth-order valence-electron chi connectivity index (χ4n) is 8.09. The van der Waals surface area contributed by atoms with Crippen molar-refractivity contribution in [3.8, 4) is 0 Å². The van der Waals surface area contributed by atoms with Gasteiger partial charge >= 0.3 is 35.9 Å². The molecule has 1 aliphatic heterocycles. The quantitative estimate of drug-likeness (QED) is 0.0277. The van der Waals surface area contributed by atoms with Gasteiger partial charge in [0.15, 0.2) is 18.8 Å². The van der Waals surface area contributed by atoms with E-state index < -0.39 is 126 Å². The fourth-order valence-corrected chi connectivity index (χ4v) is 8.09. The third kappa shape index (κ3) is 26.5. The minimum Gasteiger partial charge on any atom is -0.465 e. The summed E-state index contributed by atoms with van der Waals surface area (Å²) in [4.78, 5) is 127. The second-order valence-electron chi connectivity index (χ2n) is 19.7. The molecule has 0 unspecified atom stereocenters. The lowest BCUT2D eigenvalue weighted by Crippen LogP contribution is -2.70. The average Bonchev–Trinajstić information content (AvgIpc) is 3.62. The van der Waals surface area contributed by atoms with Gasteiger partial charge in [-0.15, -0.1) is 0 Å². The van der Waals surface area contributed by atoms with Crippen molar-refractivity contribution in [3.63, 3.8) is 0 Å². The molecule has 1 fully saturated rings. The maximum Gasteiger partial charge on any atom is 0.407 e. The highest BCUT2D eigenvalue weighted by molar-refractivity contribution is 5.81. The van der Waals surface area contributed by atoms with Crippen LogP contribution in [0.5, 0.6) is 0 Å². The molecule has 3 amide bonds. The van der Waals surface area contributed by atoms with Gasteiger partial charge in [-0.25, -0.2) is 18.4 Å². The highest BCUT2D eigenvalue weighted by atomic mass is 19.3. The summed E-state index contributed by atoms with van der Waals surface area (Å²) in [7, 11) is 1.01. The molecule has 0 radical (unpaired) electrons. The van der Waals surface area contributed by atoms with Crippen molar-refractivity contribution in [1.29, 1.82) is 0 Å². The van der Waals surface area contributed by atoms with Gasteiger partial charge in [-0.1, -0.05) is 37.1 Å². The zero-order valence-electron chi connectivity index (χ0n) is 48.2. The minimum absolute atomic E-state index is 0.137. The van der Waals surface area contributed by atoms with E-state index >= 15 is 0 Å². The number of hydrogen-bond donors (Lipinski definition) is 5. The smallest absolute Gasteiger partial charge is 0.407 e. The monoisotopic (exact) mass is 1190 g/mol. The molecule has 27 nitrogen and oxygen atoms in total. The summed E-state index contributed by atoms with van der Waals surface area (Å²) in [5.74, 6) is -9.03. The first-order chi connectivity index (χ1) is 39.4. The van der Waals surface area contributed by atoms with Crippen LogP contribution in [0.2, 0.25) is 0 Å². The first-order valence-electron chi connectivity index (χ1n) is 26.9. The van der Waals surface area contributed by atoms with Crippen LogP contribution < -0.4 is 37.4 Å². The van der Waals surface area contributed by atoms with Crippen LogP contribution in [0.4, 0.5) is 25.0 Å². The highest BCUT2D eigenvalue weighted by Crippen LogP contribution is 2.37. The number of carbonyl (C=O) groups is 8. The number of rotatable bonds is 39. The SMILES string of the molecule is COC(=O)[C@@]1(OCCCCCCNc2c(NCCOCCOCCOCCOCCNC(=O)OC(C)(C)C)c(=O)c2=O)C[C@H](OC(C)=O)[C@@H](NC(=O)COC(C)=O)[C@H]([C@H](OC(C)=O)[C@@H](CNC(=O)Cc2ccc(C(F)F)cc2)OC(C)=O)O1. The van der Waals surface area contributed by atoms with Crippen LogP contribution in [0.15, 0.2) is 33.9 Å². The maximum atomic E-state index is 13.9. The van der Waals surface area contributed by atoms with E-state index in [0.717, 1.165) is 46.9 Å². The molecule has 1 aliphatic rings. The first kappa shape index (κ1) is 70.3. The van der Waals surface area contributed by atoms with Crippen LogP contribution >= 0.6 is 0 Å². The van der Waals surface area contributed by atoms with Crippen molar-refractivity contribution in [2.24, 2.45) is 0 Å². The topological polar surface area (TPSA) is 342 Å². The normalized spacial score (nSPS) is 17.6. The summed E-state index contributed by atoms with van der Waals surface area (Å²) in [5, 5.41) is 13.6.